The zero-order valence-corrected chi connectivity index (χ0v) is 29.3. The van der Waals surface area contributed by atoms with Crippen LogP contribution in [0.15, 0.2) is 102 Å². The van der Waals surface area contributed by atoms with E-state index in [2.05, 4.69) is 108 Å². The topological polar surface area (TPSA) is 30.0 Å². The second-order valence-corrected chi connectivity index (χ2v) is 15.8. The van der Waals surface area contributed by atoms with Crippen LogP contribution in [-0.2, 0) is 10.8 Å². The summed E-state index contributed by atoms with van der Waals surface area (Å²) >= 11 is 17.5. The molecule has 0 radical (unpaired) electrons. The standard InChI is InChI=1S/C34H36Cl2N4OS3/c1-37(2)19-9-21-39-25-11-5-7-13-27(25)42-29-17-15-23(35)33(31(29)39)44(41)34-24(36)16-18-30-32(34)40(22-10-20-38(3)4)26-12-6-8-14-28(26)43-30/h5-8,11-18H,9-10,19-22H2,1-4H3. The molecule has 230 valence electrons. The number of fused-ring (bicyclic) bond motifs is 4. The summed E-state index contributed by atoms with van der Waals surface area (Å²) in [6.07, 6.45) is 1.89. The second kappa shape index (κ2) is 13.7. The van der Waals surface area contributed by atoms with Crippen LogP contribution in [0.2, 0.25) is 10.0 Å². The van der Waals surface area contributed by atoms with Gasteiger partial charge in [0.1, 0.15) is 0 Å². The number of para-hydroxylation sites is 2. The van der Waals surface area contributed by atoms with E-state index in [0.717, 1.165) is 71.6 Å². The number of benzene rings is 4. The first-order valence-corrected chi connectivity index (χ1v) is 18.2. The van der Waals surface area contributed by atoms with Crippen LogP contribution in [-0.4, -0.2) is 68.4 Å². The molecule has 0 fully saturated rings. The molecule has 0 aromatic heterocycles. The van der Waals surface area contributed by atoms with Gasteiger partial charge in [-0.25, -0.2) is 4.21 Å². The zero-order chi connectivity index (χ0) is 31.0. The molecular weight excluding hydrogens is 648 g/mol. The molecule has 44 heavy (non-hydrogen) atoms. The van der Waals surface area contributed by atoms with Crippen molar-refractivity contribution in [3.63, 3.8) is 0 Å². The first-order chi connectivity index (χ1) is 21.2. The highest BCUT2D eigenvalue weighted by molar-refractivity contribution is 8.00. The van der Waals surface area contributed by atoms with Crippen LogP contribution in [0.1, 0.15) is 12.8 Å². The Kier molecular flexibility index (Phi) is 9.88. The van der Waals surface area contributed by atoms with Crippen LogP contribution in [0.4, 0.5) is 22.7 Å². The predicted molar refractivity (Wildman–Crippen MR) is 189 cm³/mol. The van der Waals surface area contributed by atoms with Gasteiger partial charge in [-0.05, 0) is 103 Å². The molecule has 2 aliphatic heterocycles. The summed E-state index contributed by atoms with van der Waals surface area (Å²) in [5.41, 5.74) is 4.05. The largest absolute Gasteiger partial charge is 0.339 e. The van der Waals surface area contributed by atoms with E-state index in [0.29, 0.717) is 19.8 Å². The van der Waals surface area contributed by atoms with Crippen LogP contribution >= 0.6 is 46.7 Å². The van der Waals surface area contributed by atoms with Crippen LogP contribution in [0.25, 0.3) is 0 Å². The molecule has 0 amide bonds. The molecule has 2 aliphatic rings. The molecule has 0 N–H and O–H groups in total. The maximum absolute atomic E-state index is 15.2. The molecule has 10 heteroatoms. The summed E-state index contributed by atoms with van der Waals surface area (Å²) in [7, 11) is 6.69. The third-order valence-electron chi connectivity index (χ3n) is 7.73. The number of rotatable bonds is 10. The molecule has 6 rings (SSSR count). The summed E-state index contributed by atoms with van der Waals surface area (Å²) in [6, 6.07) is 24.7. The van der Waals surface area contributed by atoms with Crippen molar-refractivity contribution in [2.24, 2.45) is 0 Å². The minimum Gasteiger partial charge on any atom is -0.339 e. The molecule has 0 saturated carbocycles. The van der Waals surface area contributed by atoms with Crippen LogP contribution in [0, 0.1) is 0 Å². The van der Waals surface area contributed by atoms with Crippen LogP contribution in [0.5, 0.6) is 0 Å². The van der Waals surface area contributed by atoms with Crippen molar-refractivity contribution in [1.82, 2.24) is 9.80 Å². The van der Waals surface area contributed by atoms with Crippen molar-refractivity contribution in [2.45, 2.75) is 42.2 Å². The van der Waals surface area contributed by atoms with E-state index < -0.39 is 10.8 Å². The lowest BCUT2D eigenvalue weighted by Crippen LogP contribution is -2.28. The van der Waals surface area contributed by atoms with Gasteiger partial charge in [0.05, 0.1) is 53.4 Å². The number of hydrogen-bond donors (Lipinski definition) is 0. The highest BCUT2D eigenvalue weighted by Crippen LogP contribution is 2.56. The quantitative estimate of drug-likeness (QED) is 0.165. The maximum atomic E-state index is 15.2. The molecule has 2 heterocycles. The van der Waals surface area contributed by atoms with Crippen molar-refractivity contribution in [2.75, 3.05) is 64.2 Å². The van der Waals surface area contributed by atoms with E-state index in [4.69, 9.17) is 23.2 Å². The number of anilines is 4. The van der Waals surface area contributed by atoms with Gasteiger partial charge in [-0.15, -0.1) is 0 Å². The number of halogens is 2. The molecule has 4 aromatic rings. The van der Waals surface area contributed by atoms with Gasteiger partial charge in [0.2, 0.25) is 0 Å². The van der Waals surface area contributed by atoms with E-state index >= 15 is 4.21 Å². The fraction of sp³-hybridized carbons (Fsp3) is 0.294. The maximum Gasteiger partial charge on any atom is 0.0923 e. The van der Waals surface area contributed by atoms with Gasteiger partial charge < -0.3 is 19.6 Å². The SMILES string of the molecule is CN(C)CCCN1c2ccccc2Sc2ccc(Cl)c(S(=O)c3c(Cl)ccc4c3N(CCCN(C)C)c3ccccc3S4)c21. The predicted octanol–water partition coefficient (Wildman–Crippen LogP) is 9.27. The summed E-state index contributed by atoms with van der Waals surface area (Å²) in [5.74, 6) is 0. The van der Waals surface area contributed by atoms with Gasteiger partial charge in [-0.3, -0.25) is 0 Å². The Balaban J connectivity index is 1.50. The van der Waals surface area contributed by atoms with Gasteiger partial charge in [0.25, 0.3) is 0 Å². The summed E-state index contributed by atoms with van der Waals surface area (Å²) in [6.45, 7) is 3.43. The number of nitrogens with zero attached hydrogens (tertiary/aromatic N) is 4. The first-order valence-electron chi connectivity index (χ1n) is 14.7. The molecular formula is C34H36Cl2N4OS3. The van der Waals surface area contributed by atoms with Gasteiger partial charge in [0, 0.05) is 32.7 Å². The first kappa shape index (κ1) is 31.8. The van der Waals surface area contributed by atoms with Gasteiger partial charge in [0.15, 0.2) is 0 Å². The Labute approximate surface area is 282 Å². The molecule has 0 unspecified atom stereocenters. The van der Waals surface area contributed by atoms with Gasteiger partial charge >= 0.3 is 0 Å². The fourth-order valence-electron chi connectivity index (χ4n) is 5.75. The van der Waals surface area contributed by atoms with E-state index in [1.807, 2.05) is 12.1 Å². The van der Waals surface area contributed by atoms with E-state index in [1.165, 1.54) is 9.79 Å². The summed E-state index contributed by atoms with van der Waals surface area (Å²) in [4.78, 5) is 14.7. The van der Waals surface area contributed by atoms with Crippen molar-refractivity contribution in [1.29, 1.82) is 0 Å². The van der Waals surface area contributed by atoms with Crippen molar-refractivity contribution in [3.8, 4) is 0 Å². The van der Waals surface area contributed by atoms with Crippen molar-refractivity contribution < 1.29 is 4.21 Å². The van der Waals surface area contributed by atoms with E-state index in [1.54, 1.807) is 23.5 Å². The highest BCUT2D eigenvalue weighted by Gasteiger charge is 2.34. The second-order valence-electron chi connectivity index (χ2n) is 11.5. The Morgan fingerprint density at radius 2 is 1.02 bits per heavy atom. The van der Waals surface area contributed by atoms with Crippen molar-refractivity contribution >= 4 is 80.3 Å². The number of hydrogen-bond acceptors (Lipinski definition) is 7. The van der Waals surface area contributed by atoms with Crippen LogP contribution in [0.3, 0.4) is 0 Å². The van der Waals surface area contributed by atoms with E-state index in [9.17, 15) is 0 Å². The minimum atomic E-state index is -1.67. The van der Waals surface area contributed by atoms with Gasteiger partial charge in [-0.1, -0.05) is 71.0 Å². The molecule has 0 bridgehead atoms. The zero-order valence-electron chi connectivity index (χ0n) is 25.3. The highest BCUT2D eigenvalue weighted by atomic mass is 35.5. The molecule has 5 nitrogen and oxygen atoms in total. The summed E-state index contributed by atoms with van der Waals surface area (Å²) in [5, 5.41) is 0.965. The van der Waals surface area contributed by atoms with Crippen molar-refractivity contribution in [3.05, 3.63) is 82.8 Å². The Bertz CT molecular complexity index is 1590. The lowest BCUT2D eigenvalue weighted by molar-refractivity contribution is 0.402. The average molecular weight is 684 g/mol. The molecule has 0 aliphatic carbocycles. The monoisotopic (exact) mass is 682 g/mol. The smallest absolute Gasteiger partial charge is 0.0923 e. The van der Waals surface area contributed by atoms with E-state index in [-0.39, 0.29) is 0 Å². The Hall–Kier alpha value is -2.17. The minimum absolute atomic E-state index is 0.483. The molecule has 0 atom stereocenters. The molecule has 4 aromatic carbocycles. The normalized spacial score (nSPS) is 13.8. The molecule has 0 saturated heterocycles. The Morgan fingerprint density at radius 1 is 0.614 bits per heavy atom. The average Bonchev–Trinajstić information content (AvgIpc) is 3.00. The Morgan fingerprint density at radius 3 is 1.43 bits per heavy atom. The third kappa shape index (κ3) is 6.27. The lowest BCUT2D eigenvalue weighted by Gasteiger charge is -2.36. The lowest BCUT2D eigenvalue weighted by atomic mass is 10.2. The fourth-order valence-corrected chi connectivity index (χ4v) is 10.3. The summed E-state index contributed by atoms with van der Waals surface area (Å²) < 4.78 is 15.2. The van der Waals surface area contributed by atoms with Crippen LogP contribution < -0.4 is 9.80 Å². The third-order valence-corrected chi connectivity index (χ3v) is 12.4. The van der Waals surface area contributed by atoms with Gasteiger partial charge in [-0.2, -0.15) is 0 Å². The molecule has 0 spiro atoms.